The number of carbonyl (C=O) groups excluding carboxylic acids is 2. The van der Waals surface area contributed by atoms with Gasteiger partial charge in [-0.3, -0.25) is 4.79 Å². The fraction of sp³-hybridized carbons (Fsp3) is 0.684. The first-order valence-corrected chi connectivity index (χ1v) is 8.78. The van der Waals surface area contributed by atoms with Gasteiger partial charge >= 0.3 is 12.1 Å². The van der Waals surface area contributed by atoms with Gasteiger partial charge in [0.2, 0.25) is 0 Å². The molecule has 3 fully saturated rings. The second kappa shape index (κ2) is 5.94. The zero-order valence-electron chi connectivity index (χ0n) is 14.7. The molecule has 3 rings (SSSR count). The van der Waals surface area contributed by atoms with Crippen LogP contribution in [0.15, 0.2) is 24.3 Å². The maximum Gasteiger partial charge on any atom is 0.409 e. The van der Waals surface area contributed by atoms with Crippen LogP contribution in [0.25, 0.3) is 0 Å². The van der Waals surface area contributed by atoms with Gasteiger partial charge in [0, 0.05) is 37.3 Å². The van der Waals surface area contributed by atoms with E-state index in [1.165, 1.54) is 12.5 Å². The summed E-state index contributed by atoms with van der Waals surface area (Å²) in [6, 6.07) is 0. The van der Waals surface area contributed by atoms with E-state index in [2.05, 4.69) is 13.2 Å². The van der Waals surface area contributed by atoms with Gasteiger partial charge < -0.3 is 14.4 Å². The van der Waals surface area contributed by atoms with Gasteiger partial charge in [-0.1, -0.05) is 24.3 Å². The van der Waals surface area contributed by atoms with Gasteiger partial charge in [-0.05, 0) is 32.6 Å². The Labute approximate surface area is 143 Å². The van der Waals surface area contributed by atoms with Crippen molar-refractivity contribution in [2.24, 2.45) is 10.8 Å². The summed E-state index contributed by atoms with van der Waals surface area (Å²) < 4.78 is 10.9. The molecule has 3 aliphatic rings. The first-order chi connectivity index (χ1) is 11.3. The lowest BCUT2D eigenvalue weighted by atomic mass is 9.52. The highest BCUT2D eigenvalue weighted by molar-refractivity contribution is 5.68. The van der Waals surface area contributed by atoms with E-state index in [0.29, 0.717) is 26.1 Å². The number of ether oxygens (including phenoxy) is 2. The second-order valence-electron chi connectivity index (χ2n) is 7.44. The number of hydrogen-bond donors (Lipinski definition) is 0. The highest BCUT2D eigenvalue weighted by Gasteiger charge is 2.66. The quantitative estimate of drug-likeness (QED) is 0.574. The van der Waals surface area contributed by atoms with Crippen molar-refractivity contribution in [1.82, 2.24) is 4.90 Å². The fourth-order valence-electron chi connectivity index (χ4n) is 5.21. The third-order valence-corrected chi connectivity index (χ3v) is 6.27. The van der Waals surface area contributed by atoms with Crippen LogP contribution in [0, 0.1) is 10.8 Å². The van der Waals surface area contributed by atoms with E-state index in [-0.39, 0.29) is 29.0 Å². The average molecular weight is 333 g/mol. The molecule has 2 saturated carbocycles. The number of rotatable bonds is 2. The van der Waals surface area contributed by atoms with Crippen molar-refractivity contribution in [2.45, 2.75) is 52.1 Å². The molecule has 5 heteroatoms. The minimum atomic E-state index is -0.274. The van der Waals surface area contributed by atoms with Crippen molar-refractivity contribution in [3.05, 3.63) is 24.3 Å². The van der Waals surface area contributed by atoms with E-state index in [1.807, 2.05) is 6.92 Å². The summed E-state index contributed by atoms with van der Waals surface area (Å²) in [5.41, 5.74) is 2.02. The van der Waals surface area contributed by atoms with Gasteiger partial charge in [0.05, 0.1) is 6.61 Å². The van der Waals surface area contributed by atoms with E-state index in [1.54, 1.807) is 4.90 Å². The first kappa shape index (κ1) is 17.1. The minimum Gasteiger partial charge on any atom is -0.462 e. The maximum absolute atomic E-state index is 12.3. The highest BCUT2D eigenvalue weighted by Crippen LogP contribution is 2.67. The Morgan fingerprint density at radius 2 is 2.08 bits per heavy atom. The standard InChI is InChI=1S/C19H27NO4/c1-5-23-17(22)20-9-8-18-11-13(2)6-7-19(18,12-20)16(10-14(18)3)24-15(4)21/h16H,2-3,5-12H2,1,4H3/t16?,18-,19-/m0/s1. The molecule has 0 radical (unpaired) electrons. The van der Waals surface area contributed by atoms with Crippen LogP contribution in [-0.4, -0.2) is 42.8 Å². The third kappa shape index (κ3) is 2.36. The Bertz CT molecular complexity index is 598. The maximum atomic E-state index is 12.3. The Hall–Kier alpha value is -1.78. The highest BCUT2D eigenvalue weighted by atomic mass is 16.6. The molecule has 5 nitrogen and oxygen atoms in total. The summed E-state index contributed by atoms with van der Waals surface area (Å²) >= 11 is 0. The molecule has 132 valence electrons. The van der Waals surface area contributed by atoms with Gasteiger partial charge in [0.1, 0.15) is 6.10 Å². The number of piperidine rings is 1. The smallest absolute Gasteiger partial charge is 0.409 e. The Balaban J connectivity index is 1.98. The van der Waals surface area contributed by atoms with Gasteiger partial charge in [-0.15, -0.1) is 0 Å². The first-order valence-electron chi connectivity index (χ1n) is 8.78. The summed E-state index contributed by atoms with van der Waals surface area (Å²) in [4.78, 5) is 25.7. The number of nitrogens with zero attached hydrogens (tertiary/aromatic N) is 1. The number of amides is 1. The molecule has 0 N–H and O–H groups in total. The Morgan fingerprint density at radius 3 is 2.75 bits per heavy atom. The topological polar surface area (TPSA) is 55.8 Å². The van der Waals surface area contributed by atoms with Crippen LogP contribution in [0.3, 0.4) is 0 Å². The molecule has 1 saturated heterocycles. The summed E-state index contributed by atoms with van der Waals surface area (Å²) in [6.45, 7) is 13.4. The minimum absolute atomic E-state index is 0.106. The normalized spacial score (nSPS) is 35.2. The zero-order chi connectivity index (χ0) is 17.5. The number of carbonyl (C=O) groups is 2. The van der Waals surface area contributed by atoms with E-state index in [9.17, 15) is 9.59 Å². The number of hydrogen-bond acceptors (Lipinski definition) is 4. The van der Waals surface area contributed by atoms with Crippen LogP contribution in [0.5, 0.6) is 0 Å². The lowest BCUT2D eigenvalue weighted by Crippen LogP contribution is -2.60. The SMILES string of the molecule is C=C1CC[C@@]23CN(C(=O)OCC)CC[C@]2(C1)C(=C)CC3OC(C)=O. The lowest BCUT2D eigenvalue weighted by Gasteiger charge is -2.57. The fourth-order valence-corrected chi connectivity index (χ4v) is 5.21. The van der Waals surface area contributed by atoms with Crippen LogP contribution >= 0.6 is 0 Å². The van der Waals surface area contributed by atoms with Crippen molar-refractivity contribution < 1.29 is 19.1 Å². The number of esters is 1. The Kier molecular flexibility index (Phi) is 4.22. The molecule has 1 unspecified atom stereocenters. The third-order valence-electron chi connectivity index (χ3n) is 6.27. The predicted molar refractivity (Wildman–Crippen MR) is 90.4 cm³/mol. The van der Waals surface area contributed by atoms with E-state index < -0.39 is 0 Å². The molecule has 24 heavy (non-hydrogen) atoms. The number of likely N-dealkylation sites (tertiary alicyclic amines) is 1. The summed E-state index contributed by atoms with van der Waals surface area (Å²) in [6.07, 6.45) is 3.70. The largest absolute Gasteiger partial charge is 0.462 e. The second-order valence-corrected chi connectivity index (χ2v) is 7.44. The van der Waals surface area contributed by atoms with Gasteiger partial charge in [0.15, 0.2) is 0 Å². The molecule has 0 bridgehead atoms. The van der Waals surface area contributed by atoms with E-state index >= 15 is 0 Å². The van der Waals surface area contributed by atoms with E-state index in [0.717, 1.165) is 31.3 Å². The van der Waals surface area contributed by atoms with E-state index in [4.69, 9.17) is 9.47 Å². The zero-order valence-corrected chi connectivity index (χ0v) is 14.7. The van der Waals surface area contributed by atoms with Crippen LogP contribution in [0.4, 0.5) is 4.79 Å². The van der Waals surface area contributed by atoms with Gasteiger partial charge in [-0.2, -0.15) is 0 Å². The summed E-state index contributed by atoms with van der Waals surface area (Å²) in [5.74, 6) is -0.268. The molecule has 0 aromatic heterocycles. The summed E-state index contributed by atoms with van der Waals surface area (Å²) in [5, 5.41) is 0. The monoisotopic (exact) mass is 333 g/mol. The molecule has 0 aromatic carbocycles. The van der Waals surface area contributed by atoms with Gasteiger partial charge in [0.25, 0.3) is 0 Å². The molecule has 1 amide bonds. The van der Waals surface area contributed by atoms with Crippen molar-refractivity contribution in [1.29, 1.82) is 0 Å². The van der Waals surface area contributed by atoms with Crippen LogP contribution in [0.1, 0.15) is 46.0 Å². The predicted octanol–water partition coefficient (Wildman–Crippen LogP) is 3.45. The van der Waals surface area contributed by atoms with Gasteiger partial charge in [-0.25, -0.2) is 4.79 Å². The molecule has 3 atom stereocenters. The lowest BCUT2D eigenvalue weighted by molar-refractivity contribution is -0.162. The molecule has 2 aliphatic carbocycles. The molecule has 0 aromatic rings. The van der Waals surface area contributed by atoms with Crippen molar-refractivity contribution in [3.63, 3.8) is 0 Å². The van der Waals surface area contributed by atoms with Crippen LogP contribution < -0.4 is 0 Å². The summed E-state index contributed by atoms with van der Waals surface area (Å²) in [7, 11) is 0. The molecule has 0 spiro atoms. The molecular formula is C19H27NO4. The molecule has 1 aliphatic heterocycles. The van der Waals surface area contributed by atoms with Crippen molar-refractivity contribution in [3.8, 4) is 0 Å². The van der Waals surface area contributed by atoms with Crippen LogP contribution in [-0.2, 0) is 14.3 Å². The van der Waals surface area contributed by atoms with Crippen molar-refractivity contribution in [2.75, 3.05) is 19.7 Å². The van der Waals surface area contributed by atoms with Crippen molar-refractivity contribution >= 4 is 12.1 Å². The molecular weight excluding hydrogens is 306 g/mol. The van der Waals surface area contributed by atoms with Crippen LogP contribution in [0.2, 0.25) is 0 Å². The average Bonchev–Trinajstić information content (AvgIpc) is 2.75. The molecule has 1 heterocycles. The number of allylic oxidation sites excluding steroid dienone is 1. The Morgan fingerprint density at radius 1 is 1.33 bits per heavy atom.